The molecule has 0 saturated heterocycles. The average molecular weight is 661 g/mol. The van der Waals surface area contributed by atoms with Gasteiger partial charge >= 0.3 is 11.9 Å². The minimum Gasteiger partial charge on any atom is -0.489 e. The zero-order chi connectivity index (χ0) is 34.2. The highest BCUT2D eigenvalue weighted by Gasteiger charge is 2.51. The zero-order valence-corrected chi connectivity index (χ0v) is 27.1. The highest BCUT2D eigenvalue weighted by Crippen LogP contribution is 2.64. The van der Waals surface area contributed by atoms with Crippen molar-refractivity contribution in [1.82, 2.24) is 0 Å². The average Bonchev–Trinajstić information content (AvgIpc) is 3.45. The zero-order valence-electron chi connectivity index (χ0n) is 27.1. The molecule has 0 bridgehead atoms. The Balaban J connectivity index is 1.32. The molecule has 0 unspecified atom stereocenters. The molecule has 1 spiro atoms. The normalized spacial score (nSPS) is 13.0. The summed E-state index contributed by atoms with van der Waals surface area (Å²) in [6.07, 6.45) is 2.27. The molecule has 1 heterocycles. The van der Waals surface area contributed by atoms with E-state index in [1.165, 1.54) is 22.3 Å². The van der Waals surface area contributed by atoms with E-state index in [4.69, 9.17) is 23.7 Å². The number of carbonyl (C=O) groups is 2. The smallest absolute Gasteiger partial charge is 0.330 e. The molecular weight excluding hydrogens is 628 g/mol. The summed E-state index contributed by atoms with van der Waals surface area (Å²) in [5, 5.41) is 3.53. The Kier molecular flexibility index (Phi) is 7.80. The maximum Gasteiger partial charge on any atom is 0.330 e. The lowest BCUT2D eigenvalue weighted by Crippen LogP contribution is -2.32. The molecule has 0 N–H and O–H groups in total. The number of hydrogen-bond donors (Lipinski definition) is 0. The van der Waals surface area contributed by atoms with Crippen LogP contribution in [-0.2, 0) is 24.5 Å². The first kappa shape index (κ1) is 31.0. The van der Waals surface area contributed by atoms with Crippen LogP contribution in [0.25, 0.3) is 32.7 Å². The van der Waals surface area contributed by atoms with Crippen molar-refractivity contribution >= 4 is 33.5 Å². The molecule has 246 valence electrons. The molecule has 1 aliphatic heterocycles. The fourth-order valence-corrected chi connectivity index (χ4v) is 7.43. The van der Waals surface area contributed by atoms with Gasteiger partial charge in [0.1, 0.15) is 49.4 Å². The number of esters is 2. The third-order valence-electron chi connectivity index (χ3n) is 9.41. The van der Waals surface area contributed by atoms with Gasteiger partial charge in [-0.05, 0) is 34.4 Å². The number of benzene rings is 6. The van der Waals surface area contributed by atoms with Crippen molar-refractivity contribution < 1.29 is 33.3 Å². The second-order valence-electron chi connectivity index (χ2n) is 12.0. The molecule has 0 saturated carbocycles. The summed E-state index contributed by atoms with van der Waals surface area (Å²) in [5.74, 6) is 1.79. The molecule has 0 radical (unpaired) electrons. The van der Waals surface area contributed by atoms with Crippen molar-refractivity contribution in [2.24, 2.45) is 0 Å². The monoisotopic (exact) mass is 660 g/mol. The lowest BCUT2D eigenvalue weighted by atomic mass is 9.65. The predicted molar refractivity (Wildman–Crippen MR) is 192 cm³/mol. The van der Waals surface area contributed by atoms with Crippen molar-refractivity contribution in [1.29, 1.82) is 0 Å². The molecule has 2 aliphatic rings. The number of carbonyl (C=O) groups excluding carboxylic acids is 2. The van der Waals surface area contributed by atoms with Crippen LogP contribution in [0.15, 0.2) is 135 Å². The molecule has 7 nitrogen and oxygen atoms in total. The first-order valence-corrected chi connectivity index (χ1v) is 16.4. The molecule has 0 fully saturated rings. The summed E-state index contributed by atoms with van der Waals surface area (Å²) < 4.78 is 29.7. The van der Waals surface area contributed by atoms with Crippen LogP contribution in [-0.4, -0.2) is 38.4 Å². The molecule has 1 aliphatic carbocycles. The Bertz CT molecular complexity index is 2190. The van der Waals surface area contributed by atoms with E-state index in [-0.39, 0.29) is 26.4 Å². The van der Waals surface area contributed by atoms with E-state index in [0.29, 0.717) is 11.5 Å². The highest BCUT2D eigenvalue weighted by atomic mass is 16.6. The lowest BCUT2D eigenvalue weighted by molar-refractivity contribution is -0.139. The Labute approximate surface area is 288 Å². The summed E-state index contributed by atoms with van der Waals surface area (Å²) >= 11 is 0. The van der Waals surface area contributed by atoms with Gasteiger partial charge in [-0.15, -0.1) is 0 Å². The molecule has 7 heteroatoms. The summed E-state index contributed by atoms with van der Waals surface area (Å²) in [6, 6.07) is 37.5. The van der Waals surface area contributed by atoms with Crippen LogP contribution >= 0.6 is 0 Å². The molecule has 6 aromatic carbocycles. The fourth-order valence-electron chi connectivity index (χ4n) is 7.43. The molecule has 6 aromatic rings. The molecule has 50 heavy (non-hydrogen) atoms. The topological polar surface area (TPSA) is 80.3 Å². The Morgan fingerprint density at radius 1 is 0.520 bits per heavy atom. The second-order valence-corrected chi connectivity index (χ2v) is 12.0. The van der Waals surface area contributed by atoms with Crippen molar-refractivity contribution in [3.8, 4) is 34.1 Å². The molecule has 0 aromatic heterocycles. The molecular formula is C43H32O7. The van der Waals surface area contributed by atoms with Crippen molar-refractivity contribution in [3.63, 3.8) is 0 Å². The first-order valence-electron chi connectivity index (χ1n) is 16.4. The number of rotatable bonds is 10. The summed E-state index contributed by atoms with van der Waals surface area (Å²) in [5.41, 5.74) is 6.10. The van der Waals surface area contributed by atoms with Crippen molar-refractivity contribution in [2.75, 3.05) is 26.4 Å². The minimum atomic E-state index is -0.677. The van der Waals surface area contributed by atoms with Gasteiger partial charge in [-0.2, -0.15) is 0 Å². The van der Waals surface area contributed by atoms with Gasteiger partial charge < -0.3 is 23.7 Å². The molecule has 0 amide bonds. The van der Waals surface area contributed by atoms with E-state index < -0.39 is 17.4 Å². The van der Waals surface area contributed by atoms with Gasteiger partial charge in [-0.25, -0.2) is 9.59 Å². The second kappa shape index (κ2) is 12.6. The SMILES string of the molecule is C=CC(=O)OCCOc1cccc2c3c(ccc12)C1(c2ccccc2-c2ccccc21)c1ccc2c(OCCOC(=O)C=C)cccc2c1O3. The van der Waals surface area contributed by atoms with Crippen LogP contribution in [0.5, 0.6) is 23.0 Å². The Hall–Kier alpha value is -6.34. The number of fused-ring (bicyclic) bond motifs is 13. The summed E-state index contributed by atoms with van der Waals surface area (Å²) in [4.78, 5) is 23.1. The van der Waals surface area contributed by atoms with Crippen LogP contribution in [0.1, 0.15) is 22.3 Å². The number of hydrogen-bond acceptors (Lipinski definition) is 7. The summed E-state index contributed by atoms with van der Waals surface area (Å²) in [6.45, 7) is 7.46. The van der Waals surface area contributed by atoms with Gasteiger partial charge in [0.25, 0.3) is 0 Å². The van der Waals surface area contributed by atoms with Gasteiger partial charge in [0.15, 0.2) is 0 Å². The Morgan fingerprint density at radius 3 is 1.44 bits per heavy atom. The first-order chi connectivity index (χ1) is 24.6. The van der Waals surface area contributed by atoms with Crippen molar-refractivity contribution in [2.45, 2.75) is 5.41 Å². The van der Waals surface area contributed by atoms with Crippen LogP contribution in [0.4, 0.5) is 0 Å². The quantitative estimate of drug-likeness (QED) is 0.0825. The largest absolute Gasteiger partial charge is 0.489 e. The molecule has 0 atom stereocenters. The van der Waals surface area contributed by atoms with E-state index in [1.54, 1.807) is 0 Å². The van der Waals surface area contributed by atoms with Gasteiger partial charge in [0.05, 0.1) is 5.41 Å². The van der Waals surface area contributed by atoms with E-state index in [0.717, 1.165) is 56.3 Å². The fraction of sp³-hybridized carbons (Fsp3) is 0.116. The van der Waals surface area contributed by atoms with Crippen LogP contribution in [0.3, 0.4) is 0 Å². The predicted octanol–water partition coefficient (Wildman–Crippen LogP) is 8.68. The van der Waals surface area contributed by atoms with Crippen LogP contribution < -0.4 is 14.2 Å². The standard InChI is InChI=1S/C43H32O7/c1-3-39(44)48-25-23-46-37-17-9-13-31-29(37)19-21-35-41(31)50-42-32-14-10-18-38(47-24-26-49-40(45)4-2)30(32)20-22-36(42)43(35)33-15-7-5-11-27(33)28-12-6-8-16-34(28)43/h3-22H,1-2,23-26H2. The van der Waals surface area contributed by atoms with Crippen LogP contribution in [0, 0.1) is 0 Å². The van der Waals surface area contributed by atoms with E-state index in [2.05, 4.69) is 98.1 Å². The van der Waals surface area contributed by atoms with Crippen molar-refractivity contribution in [3.05, 3.63) is 157 Å². The van der Waals surface area contributed by atoms with Gasteiger partial charge in [0, 0.05) is 44.8 Å². The van der Waals surface area contributed by atoms with Gasteiger partial charge in [-0.3, -0.25) is 0 Å². The number of ether oxygens (including phenoxy) is 5. The third kappa shape index (κ3) is 4.81. The molecule has 8 rings (SSSR count). The minimum absolute atomic E-state index is 0.0970. The highest BCUT2D eigenvalue weighted by molar-refractivity contribution is 6.02. The maximum atomic E-state index is 11.6. The van der Waals surface area contributed by atoms with Gasteiger partial charge in [-0.1, -0.05) is 110 Å². The van der Waals surface area contributed by atoms with Crippen LogP contribution in [0.2, 0.25) is 0 Å². The maximum absolute atomic E-state index is 11.6. The van der Waals surface area contributed by atoms with E-state index in [1.807, 2.05) is 24.3 Å². The van der Waals surface area contributed by atoms with Gasteiger partial charge in [0.2, 0.25) is 0 Å². The summed E-state index contributed by atoms with van der Waals surface area (Å²) in [7, 11) is 0. The Morgan fingerprint density at radius 2 is 0.980 bits per heavy atom. The third-order valence-corrected chi connectivity index (χ3v) is 9.41. The van der Waals surface area contributed by atoms with E-state index in [9.17, 15) is 9.59 Å². The van der Waals surface area contributed by atoms with E-state index >= 15 is 0 Å². The lowest BCUT2D eigenvalue weighted by Gasteiger charge is -2.40.